The van der Waals surface area contributed by atoms with Gasteiger partial charge in [-0.25, -0.2) is 0 Å². The Labute approximate surface area is 380 Å². The molecule has 0 fully saturated rings. The van der Waals surface area contributed by atoms with Crippen molar-refractivity contribution in [3.8, 4) is 44.5 Å². The second kappa shape index (κ2) is 14.5. The molecule has 0 bridgehead atoms. The fourth-order valence-electron chi connectivity index (χ4n) is 12.1. The summed E-state index contributed by atoms with van der Waals surface area (Å²) in [5.41, 5.74) is 20.8. The van der Waals surface area contributed by atoms with E-state index in [9.17, 15) is 0 Å². The Hall–Kier alpha value is -8.06. The van der Waals surface area contributed by atoms with Crippen LogP contribution in [0.25, 0.3) is 66.1 Å². The largest absolute Gasteiger partial charge is 0.0713 e. The summed E-state index contributed by atoms with van der Waals surface area (Å²) in [6.45, 7) is 2.23. The lowest BCUT2D eigenvalue weighted by Gasteiger charge is -2.34. The molecule has 0 aromatic heterocycles. The summed E-state index contributed by atoms with van der Waals surface area (Å²) in [7, 11) is 0. The van der Waals surface area contributed by atoms with Gasteiger partial charge in [0.2, 0.25) is 0 Å². The van der Waals surface area contributed by atoms with E-state index >= 15 is 0 Å². The Morgan fingerprint density at radius 2 is 0.585 bits per heavy atom. The highest BCUT2D eigenvalue weighted by atomic mass is 14.5. The summed E-state index contributed by atoms with van der Waals surface area (Å²) >= 11 is 0. The molecule has 304 valence electrons. The molecule has 2 aliphatic carbocycles. The van der Waals surface area contributed by atoms with Crippen molar-refractivity contribution >= 4 is 21.5 Å². The van der Waals surface area contributed by atoms with Crippen molar-refractivity contribution in [1.82, 2.24) is 0 Å². The number of aryl methyl sites for hydroxylation is 1. The molecule has 0 heterocycles. The van der Waals surface area contributed by atoms with Crippen molar-refractivity contribution in [3.05, 3.63) is 299 Å². The van der Waals surface area contributed by atoms with Crippen molar-refractivity contribution in [2.75, 3.05) is 0 Å². The van der Waals surface area contributed by atoms with Gasteiger partial charge in [-0.05, 0) is 130 Å². The second-order valence-corrected chi connectivity index (χ2v) is 17.9. The third-order valence-electron chi connectivity index (χ3n) is 14.7. The molecule has 11 aromatic carbocycles. The van der Waals surface area contributed by atoms with Crippen LogP contribution in [0.15, 0.2) is 249 Å². The maximum Gasteiger partial charge on any atom is 0.0713 e. The Morgan fingerprint density at radius 1 is 0.246 bits per heavy atom. The third-order valence-corrected chi connectivity index (χ3v) is 14.7. The van der Waals surface area contributed by atoms with Crippen LogP contribution in [0, 0.1) is 6.92 Å². The van der Waals surface area contributed by atoms with Gasteiger partial charge in [0.25, 0.3) is 0 Å². The summed E-state index contributed by atoms with van der Waals surface area (Å²) in [6.07, 6.45) is 0. The lowest BCUT2D eigenvalue weighted by molar-refractivity contribution is 0.769. The monoisotopic (exact) mass is 824 g/mol. The van der Waals surface area contributed by atoms with E-state index in [2.05, 4.69) is 256 Å². The van der Waals surface area contributed by atoms with Crippen molar-refractivity contribution in [2.24, 2.45) is 0 Å². The normalized spacial score (nSPS) is 13.9. The highest BCUT2D eigenvalue weighted by Crippen LogP contribution is 2.59. The van der Waals surface area contributed by atoms with E-state index in [0.29, 0.717) is 0 Å². The first-order chi connectivity index (χ1) is 32.2. The lowest BCUT2D eigenvalue weighted by atomic mass is 9.67. The minimum Gasteiger partial charge on any atom is -0.0622 e. The molecule has 65 heavy (non-hydrogen) atoms. The van der Waals surface area contributed by atoms with Gasteiger partial charge in [-0.15, -0.1) is 0 Å². The quantitative estimate of drug-likeness (QED) is 0.147. The van der Waals surface area contributed by atoms with Gasteiger partial charge in [-0.3, -0.25) is 0 Å². The van der Waals surface area contributed by atoms with Crippen LogP contribution < -0.4 is 0 Å². The Balaban J connectivity index is 1.09. The molecule has 0 saturated heterocycles. The van der Waals surface area contributed by atoms with Crippen LogP contribution in [0.5, 0.6) is 0 Å². The fourth-order valence-corrected chi connectivity index (χ4v) is 12.1. The van der Waals surface area contributed by atoms with Crippen molar-refractivity contribution in [3.63, 3.8) is 0 Å². The molecular weight excluding hydrogens is 781 g/mol. The molecule has 0 atom stereocenters. The Bertz CT molecular complexity index is 3560. The molecule has 0 unspecified atom stereocenters. The summed E-state index contributed by atoms with van der Waals surface area (Å²) in [5, 5.41) is 5.02. The maximum absolute atomic E-state index is 2.53. The Kier molecular flexibility index (Phi) is 8.36. The second-order valence-electron chi connectivity index (χ2n) is 17.9. The molecule has 13 rings (SSSR count). The van der Waals surface area contributed by atoms with Gasteiger partial charge in [-0.2, -0.15) is 0 Å². The minimum atomic E-state index is -0.488. The minimum absolute atomic E-state index is 0.488. The molecule has 0 amide bonds. The van der Waals surface area contributed by atoms with Gasteiger partial charge in [-0.1, -0.05) is 242 Å². The smallest absolute Gasteiger partial charge is 0.0622 e. The van der Waals surface area contributed by atoms with E-state index in [1.165, 1.54) is 116 Å². The SMILES string of the molecule is Cc1ccc2c(-c3ccc4c(c3)C(c3ccccc3)(c3ccccc3)c3ccccc3-4)c3ccccc3c(-c3ccc4c(c3)C(c3ccccc3)(c3ccccc3)c3ccccc3-4)c2c1. The Morgan fingerprint density at radius 3 is 1.02 bits per heavy atom. The van der Waals surface area contributed by atoms with Gasteiger partial charge in [0.15, 0.2) is 0 Å². The topological polar surface area (TPSA) is 0 Å². The van der Waals surface area contributed by atoms with Crippen molar-refractivity contribution < 1.29 is 0 Å². The zero-order valence-electron chi connectivity index (χ0n) is 36.2. The first-order valence-electron chi connectivity index (χ1n) is 22.8. The summed E-state index contributed by atoms with van der Waals surface area (Å²) in [6, 6.07) is 93.4. The number of hydrogen-bond acceptors (Lipinski definition) is 0. The molecule has 2 aliphatic rings. The fraction of sp³-hybridized carbons (Fsp3) is 0.0462. The van der Waals surface area contributed by atoms with E-state index in [4.69, 9.17) is 0 Å². The summed E-state index contributed by atoms with van der Waals surface area (Å²) in [4.78, 5) is 0. The van der Waals surface area contributed by atoms with Crippen molar-refractivity contribution in [1.29, 1.82) is 0 Å². The average molecular weight is 825 g/mol. The zero-order valence-corrected chi connectivity index (χ0v) is 36.2. The number of hydrogen-bond donors (Lipinski definition) is 0. The molecule has 11 aromatic rings. The van der Waals surface area contributed by atoms with Gasteiger partial charge in [0.1, 0.15) is 0 Å². The summed E-state index contributed by atoms with van der Waals surface area (Å²) in [5.74, 6) is 0. The van der Waals surface area contributed by atoms with E-state index in [-0.39, 0.29) is 0 Å². The van der Waals surface area contributed by atoms with Gasteiger partial charge in [0.05, 0.1) is 10.8 Å². The lowest BCUT2D eigenvalue weighted by Crippen LogP contribution is -2.28. The average Bonchev–Trinajstić information content (AvgIpc) is 3.84. The predicted octanol–water partition coefficient (Wildman–Crippen LogP) is 16.4. The first kappa shape index (κ1) is 37.5. The van der Waals surface area contributed by atoms with E-state index in [1.54, 1.807) is 0 Å². The number of fused-ring (bicyclic) bond motifs is 8. The van der Waals surface area contributed by atoms with E-state index in [0.717, 1.165) is 0 Å². The molecule has 0 N–H and O–H groups in total. The maximum atomic E-state index is 2.53. The van der Waals surface area contributed by atoms with Crippen LogP contribution in [0.2, 0.25) is 0 Å². The standard InChI is InChI=1S/C65H44/c1-43-34-37-56-57(40-43)63(45-36-39-53-51-29-17-19-33-59(51)65(61(53)42-45,48-24-10-4-11-25-48)49-26-12-5-13-27-49)55-31-15-14-30-54(55)62(56)44-35-38-52-50-28-16-18-32-58(50)64(60(52)41-44,46-20-6-2-7-21-46)47-22-8-3-9-23-47/h2-42H,1H3. The molecule has 0 radical (unpaired) electrons. The van der Waals surface area contributed by atoms with Gasteiger partial charge < -0.3 is 0 Å². The first-order valence-corrected chi connectivity index (χ1v) is 22.8. The van der Waals surface area contributed by atoms with Crippen LogP contribution >= 0.6 is 0 Å². The van der Waals surface area contributed by atoms with Crippen molar-refractivity contribution in [2.45, 2.75) is 17.8 Å². The van der Waals surface area contributed by atoms with Crippen LogP contribution in [0.4, 0.5) is 0 Å². The van der Waals surface area contributed by atoms with Gasteiger partial charge in [0, 0.05) is 0 Å². The molecule has 0 saturated carbocycles. The number of rotatable bonds is 6. The molecule has 0 spiro atoms. The zero-order chi connectivity index (χ0) is 43.1. The van der Waals surface area contributed by atoms with Gasteiger partial charge >= 0.3 is 0 Å². The summed E-state index contributed by atoms with van der Waals surface area (Å²) < 4.78 is 0. The van der Waals surface area contributed by atoms with E-state index in [1.807, 2.05) is 0 Å². The molecular formula is C65H44. The third kappa shape index (κ3) is 5.26. The van der Waals surface area contributed by atoms with Crippen LogP contribution in [-0.4, -0.2) is 0 Å². The van der Waals surface area contributed by atoms with E-state index < -0.39 is 10.8 Å². The predicted molar refractivity (Wildman–Crippen MR) is 272 cm³/mol. The number of benzene rings is 11. The van der Waals surface area contributed by atoms with Crippen LogP contribution in [-0.2, 0) is 10.8 Å². The molecule has 0 aliphatic heterocycles. The molecule has 0 nitrogen and oxygen atoms in total. The van der Waals surface area contributed by atoms with Crippen LogP contribution in [0.1, 0.15) is 50.1 Å². The molecule has 0 heteroatoms. The van der Waals surface area contributed by atoms with Crippen LogP contribution in [0.3, 0.4) is 0 Å². The highest BCUT2D eigenvalue weighted by molar-refractivity contribution is 6.22. The highest BCUT2D eigenvalue weighted by Gasteiger charge is 2.47.